The van der Waals surface area contributed by atoms with Gasteiger partial charge in [-0.1, -0.05) is 18.5 Å². The van der Waals surface area contributed by atoms with Gasteiger partial charge in [0.15, 0.2) is 0 Å². The van der Waals surface area contributed by atoms with Gasteiger partial charge in [-0.05, 0) is 36.8 Å². The van der Waals surface area contributed by atoms with Crippen molar-refractivity contribution in [3.63, 3.8) is 0 Å². The van der Waals surface area contributed by atoms with Crippen LogP contribution in [0.4, 0.5) is 0 Å². The van der Waals surface area contributed by atoms with Gasteiger partial charge in [0.25, 0.3) is 0 Å². The summed E-state index contributed by atoms with van der Waals surface area (Å²) in [5.41, 5.74) is 2.20. The maximum Gasteiger partial charge on any atom is 0.113 e. The van der Waals surface area contributed by atoms with E-state index < -0.39 is 0 Å². The summed E-state index contributed by atoms with van der Waals surface area (Å²) in [6.45, 7) is 2.17. The zero-order valence-electron chi connectivity index (χ0n) is 9.65. The summed E-state index contributed by atoms with van der Waals surface area (Å²) >= 11 is 6.05. The Balaban J connectivity index is 2.42. The first-order valence-electron chi connectivity index (χ1n) is 5.85. The molecule has 3 heteroatoms. The topological polar surface area (TPSA) is 17.3 Å². The number of hydrogen-bond acceptors (Lipinski definition) is 1. The lowest BCUT2D eigenvalue weighted by Gasteiger charge is -2.08. The molecule has 0 aliphatic heterocycles. The zero-order chi connectivity index (χ0) is 11.8. The molecule has 0 unspecified atom stereocenters. The van der Waals surface area contributed by atoms with E-state index in [-0.39, 0.29) is 0 Å². The summed E-state index contributed by atoms with van der Waals surface area (Å²) in [6, 6.07) is 10.0. The lowest BCUT2D eigenvalue weighted by molar-refractivity contribution is 0.822. The van der Waals surface area contributed by atoms with Crippen molar-refractivity contribution < 1.29 is 0 Å². The SMILES string of the molecule is CCCc1nc2ccc(Cl)cc2c2cccn12. The Bertz CT molecular complexity index is 685. The molecule has 0 N–H and O–H groups in total. The molecular weight excluding hydrogens is 232 g/mol. The van der Waals surface area contributed by atoms with Gasteiger partial charge in [-0.2, -0.15) is 0 Å². The average molecular weight is 245 g/mol. The van der Waals surface area contributed by atoms with Gasteiger partial charge in [0.05, 0.1) is 11.0 Å². The standard InChI is InChI=1S/C14H13ClN2/c1-2-4-14-16-12-7-6-10(15)9-11(12)13-5-3-8-17(13)14/h3,5-9H,2,4H2,1H3. The largest absolute Gasteiger partial charge is 0.305 e. The fourth-order valence-electron chi connectivity index (χ4n) is 2.23. The minimum Gasteiger partial charge on any atom is -0.305 e. The predicted octanol–water partition coefficient (Wildman–Crippen LogP) is 4.09. The van der Waals surface area contributed by atoms with E-state index in [0.717, 1.165) is 34.6 Å². The quantitative estimate of drug-likeness (QED) is 0.664. The third-order valence-corrected chi connectivity index (χ3v) is 3.22. The molecule has 0 aliphatic carbocycles. The molecule has 0 saturated heterocycles. The van der Waals surface area contributed by atoms with Crippen LogP contribution in [0.2, 0.25) is 5.02 Å². The molecule has 86 valence electrons. The first-order chi connectivity index (χ1) is 8.29. The molecule has 3 aromatic rings. The fourth-order valence-corrected chi connectivity index (χ4v) is 2.40. The summed E-state index contributed by atoms with van der Waals surface area (Å²) in [5, 5.41) is 1.87. The minimum absolute atomic E-state index is 0.755. The van der Waals surface area contributed by atoms with E-state index in [0.29, 0.717) is 0 Å². The number of benzene rings is 1. The molecule has 0 atom stereocenters. The molecule has 1 aromatic carbocycles. The van der Waals surface area contributed by atoms with E-state index in [4.69, 9.17) is 16.6 Å². The number of hydrogen-bond donors (Lipinski definition) is 0. The molecule has 2 nitrogen and oxygen atoms in total. The van der Waals surface area contributed by atoms with Gasteiger partial charge in [0.1, 0.15) is 5.82 Å². The number of fused-ring (bicyclic) bond motifs is 3. The molecule has 0 saturated carbocycles. The van der Waals surface area contributed by atoms with E-state index in [1.54, 1.807) is 0 Å². The van der Waals surface area contributed by atoms with Gasteiger partial charge in [-0.25, -0.2) is 4.98 Å². The molecule has 2 aromatic heterocycles. The van der Waals surface area contributed by atoms with Crippen molar-refractivity contribution in [2.24, 2.45) is 0 Å². The fraction of sp³-hybridized carbons (Fsp3) is 0.214. The highest BCUT2D eigenvalue weighted by Gasteiger charge is 2.07. The monoisotopic (exact) mass is 244 g/mol. The second-order valence-electron chi connectivity index (χ2n) is 4.20. The maximum atomic E-state index is 6.05. The lowest BCUT2D eigenvalue weighted by Crippen LogP contribution is -2.00. The summed E-state index contributed by atoms with van der Waals surface area (Å²) in [5.74, 6) is 1.11. The predicted molar refractivity (Wildman–Crippen MR) is 71.7 cm³/mol. The Morgan fingerprint density at radius 1 is 1.29 bits per heavy atom. The number of halogens is 1. The van der Waals surface area contributed by atoms with Crippen LogP contribution in [-0.4, -0.2) is 9.38 Å². The van der Waals surface area contributed by atoms with Gasteiger partial charge in [0.2, 0.25) is 0 Å². The smallest absolute Gasteiger partial charge is 0.113 e. The number of rotatable bonds is 2. The van der Waals surface area contributed by atoms with Crippen LogP contribution in [-0.2, 0) is 6.42 Å². The Morgan fingerprint density at radius 2 is 2.18 bits per heavy atom. The highest BCUT2D eigenvalue weighted by Crippen LogP contribution is 2.24. The van der Waals surface area contributed by atoms with Gasteiger partial charge in [-0.3, -0.25) is 0 Å². The third kappa shape index (κ3) is 1.69. The molecule has 3 rings (SSSR count). The van der Waals surface area contributed by atoms with Crippen LogP contribution in [0.15, 0.2) is 36.5 Å². The van der Waals surface area contributed by atoms with Gasteiger partial charge < -0.3 is 4.40 Å². The first kappa shape index (κ1) is 10.6. The van der Waals surface area contributed by atoms with Crippen molar-refractivity contribution in [1.82, 2.24) is 9.38 Å². The summed E-state index contributed by atoms with van der Waals surface area (Å²) in [4.78, 5) is 4.71. The van der Waals surface area contributed by atoms with Crippen LogP contribution in [0, 0.1) is 0 Å². The zero-order valence-corrected chi connectivity index (χ0v) is 10.4. The Morgan fingerprint density at radius 3 is 3.00 bits per heavy atom. The van der Waals surface area contributed by atoms with Crippen LogP contribution in [0.1, 0.15) is 19.2 Å². The summed E-state index contributed by atoms with van der Waals surface area (Å²) in [6.07, 6.45) is 4.15. The van der Waals surface area contributed by atoms with Gasteiger partial charge >= 0.3 is 0 Å². The van der Waals surface area contributed by atoms with Gasteiger partial charge in [0, 0.05) is 23.0 Å². The van der Waals surface area contributed by atoms with Crippen LogP contribution in [0.25, 0.3) is 16.4 Å². The Hall–Kier alpha value is -1.54. The van der Waals surface area contributed by atoms with Crippen molar-refractivity contribution in [1.29, 1.82) is 0 Å². The Labute approximate surface area is 105 Å². The number of nitrogens with zero attached hydrogens (tertiary/aromatic N) is 2. The number of aryl methyl sites for hydroxylation is 1. The molecule has 17 heavy (non-hydrogen) atoms. The summed E-state index contributed by atoms with van der Waals surface area (Å²) < 4.78 is 2.15. The highest BCUT2D eigenvalue weighted by atomic mass is 35.5. The van der Waals surface area contributed by atoms with Crippen molar-refractivity contribution in [3.05, 3.63) is 47.4 Å². The van der Waals surface area contributed by atoms with Crippen molar-refractivity contribution in [2.45, 2.75) is 19.8 Å². The van der Waals surface area contributed by atoms with E-state index >= 15 is 0 Å². The Kier molecular flexibility index (Phi) is 2.52. The third-order valence-electron chi connectivity index (χ3n) is 2.98. The van der Waals surface area contributed by atoms with E-state index in [9.17, 15) is 0 Å². The second-order valence-corrected chi connectivity index (χ2v) is 4.64. The molecule has 0 aliphatic rings. The van der Waals surface area contributed by atoms with Crippen LogP contribution < -0.4 is 0 Å². The van der Waals surface area contributed by atoms with Crippen molar-refractivity contribution in [2.75, 3.05) is 0 Å². The first-order valence-corrected chi connectivity index (χ1v) is 6.22. The lowest BCUT2D eigenvalue weighted by atomic mass is 10.2. The summed E-state index contributed by atoms with van der Waals surface area (Å²) in [7, 11) is 0. The van der Waals surface area contributed by atoms with Crippen LogP contribution in [0.3, 0.4) is 0 Å². The van der Waals surface area contributed by atoms with Crippen LogP contribution in [0.5, 0.6) is 0 Å². The second kappa shape index (κ2) is 4.04. The molecule has 0 radical (unpaired) electrons. The minimum atomic E-state index is 0.755. The molecule has 0 spiro atoms. The van der Waals surface area contributed by atoms with Crippen LogP contribution >= 0.6 is 11.6 Å². The normalized spacial score (nSPS) is 11.4. The van der Waals surface area contributed by atoms with Crippen molar-refractivity contribution in [3.8, 4) is 0 Å². The van der Waals surface area contributed by atoms with Crippen molar-refractivity contribution >= 4 is 28.0 Å². The maximum absolute atomic E-state index is 6.05. The average Bonchev–Trinajstić information content (AvgIpc) is 2.80. The molecular formula is C14H13ClN2. The number of aromatic nitrogens is 2. The molecule has 0 amide bonds. The molecule has 0 fully saturated rings. The van der Waals surface area contributed by atoms with E-state index in [1.807, 2.05) is 18.2 Å². The van der Waals surface area contributed by atoms with Gasteiger partial charge in [-0.15, -0.1) is 0 Å². The highest BCUT2D eigenvalue weighted by molar-refractivity contribution is 6.31. The molecule has 0 bridgehead atoms. The van der Waals surface area contributed by atoms with E-state index in [2.05, 4.69) is 29.7 Å². The molecule has 2 heterocycles. The van der Waals surface area contributed by atoms with E-state index in [1.165, 1.54) is 5.52 Å².